The fraction of sp³-hybridized carbons (Fsp3) is 0.533. The average Bonchev–Trinajstić information content (AvgIpc) is 2.49. The summed E-state index contributed by atoms with van der Waals surface area (Å²) >= 11 is 0. The van der Waals surface area contributed by atoms with Gasteiger partial charge in [0.05, 0.1) is 4.90 Å². The summed E-state index contributed by atoms with van der Waals surface area (Å²) in [5.74, 6) is -3.37. The van der Waals surface area contributed by atoms with Crippen molar-refractivity contribution in [3.8, 4) is 0 Å². The van der Waals surface area contributed by atoms with Crippen molar-refractivity contribution >= 4 is 15.7 Å². The number of hydrogen-bond donors (Lipinski definition) is 1. The molecule has 2 rings (SSSR count). The van der Waals surface area contributed by atoms with E-state index in [1.165, 1.54) is 12.1 Å². The van der Waals surface area contributed by atoms with Gasteiger partial charge >= 0.3 is 5.76 Å². The van der Waals surface area contributed by atoms with E-state index < -0.39 is 20.5 Å². The third-order valence-corrected chi connectivity index (χ3v) is 5.51. The quantitative estimate of drug-likeness (QED) is 0.922. The molecule has 0 radical (unpaired) electrons. The Morgan fingerprint density at radius 1 is 1.18 bits per heavy atom. The lowest BCUT2D eigenvalue weighted by Crippen LogP contribution is -2.41. The van der Waals surface area contributed by atoms with Crippen LogP contribution >= 0.6 is 0 Å². The van der Waals surface area contributed by atoms with E-state index in [1.807, 2.05) is 0 Å². The number of rotatable bonds is 4. The molecule has 0 heterocycles. The SMILES string of the molecule is C[C@H]1CCCC[C@H]1NC(=O)c1ccc(S(=O)(=O)C(F)F)cc1. The number of carbonyl (C=O) groups is 1. The van der Waals surface area contributed by atoms with Crippen LogP contribution in [0, 0.1) is 5.92 Å². The topological polar surface area (TPSA) is 63.2 Å². The summed E-state index contributed by atoms with van der Waals surface area (Å²) in [6, 6.07) is 4.71. The monoisotopic (exact) mass is 331 g/mol. The van der Waals surface area contributed by atoms with Crippen molar-refractivity contribution < 1.29 is 22.0 Å². The standard InChI is InChI=1S/C15H19F2NO3S/c1-10-4-2-3-5-13(10)18-14(19)11-6-8-12(9-7-11)22(20,21)15(16)17/h6-10,13,15H,2-5H2,1H3,(H,18,19)/t10-,13+/m0/s1. The maximum atomic E-state index is 12.4. The normalized spacial score (nSPS) is 22.5. The minimum Gasteiger partial charge on any atom is -0.349 e. The number of hydrogen-bond acceptors (Lipinski definition) is 3. The third-order valence-electron chi connectivity index (χ3n) is 4.11. The van der Waals surface area contributed by atoms with Gasteiger partial charge in [0.15, 0.2) is 0 Å². The molecule has 1 aliphatic carbocycles. The number of benzene rings is 1. The molecule has 122 valence electrons. The van der Waals surface area contributed by atoms with E-state index in [4.69, 9.17) is 0 Å². The van der Waals surface area contributed by atoms with Crippen LogP contribution in [0.15, 0.2) is 29.2 Å². The van der Waals surface area contributed by atoms with E-state index in [1.54, 1.807) is 0 Å². The van der Waals surface area contributed by atoms with Crippen molar-refractivity contribution in [2.24, 2.45) is 5.92 Å². The van der Waals surface area contributed by atoms with E-state index in [2.05, 4.69) is 12.2 Å². The lowest BCUT2D eigenvalue weighted by Gasteiger charge is -2.29. The number of carbonyl (C=O) groups excluding carboxylic acids is 1. The van der Waals surface area contributed by atoms with Crippen LogP contribution < -0.4 is 5.32 Å². The maximum absolute atomic E-state index is 12.4. The van der Waals surface area contributed by atoms with Gasteiger partial charge in [-0.25, -0.2) is 8.42 Å². The first-order valence-electron chi connectivity index (χ1n) is 7.25. The molecule has 0 unspecified atom stereocenters. The molecule has 1 amide bonds. The summed E-state index contributed by atoms with van der Waals surface area (Å²) in [4.78, 5) is 11.7. The van der Waals surface area contributed by atoms with Gasteiger partial charge in [-0.05, 0) is 43.0 Å². The van der Waals surface area contributed by atoms with E-state index in [0.29, 0.717) is 5.92 Å². The van der Waals surface area contributed by atoms with Crippen LogP contribution in [0.4, 0.5) is 8.78 Å². The van der Waals surface area contributed by atoms with Crippen LogP contribution in [0.2, 0.25) is 0 Å². The zero-order valence-electron chi connectivity index (χ0n) is 12.3. The second-order valence-corrected chi connectivity index (χ2v) is 7.59. The molecule has 1 fully saturated rings. The zero-order valence-corrected chi connectivity index (χ0v) is 13.1. The number of sulfone groups is 1. The molecule has 2 atom stereocenters. The average molecular weight is 331 g/mol. The number of halogens is 2. The van der Waals surface area contributed by atoms with Crippen LogP contribution in [-0.2, 0) is 9.84 Å². The van der Waals surface area contributed by atoms with E-state index in [9.17, 15) is 22.0 Å². The van der Waals surface area contributed by atoms with Crippen molar-refractivity contribution in [3.63, 3.8) is 0 Å². The Morgan fingerprint density at radius 3 is 2.32 bits per heavy atom. The fourth-order valence-electron chi connectivity index (χ4n) is 2.68. The zero-order chi connectivity index (χ0) is 16.3. The van der Waals surface area contributed by atoms with Gasteiger partial charge in [0.1, 0.15) is 0 Å². The molecule has 0 aliphatic heterocycles. The number of amides is 1. The molecule has 0 bridgehead atoms. The molecule has 0 aromatic heterocycles. The van der Waals surface area contributed by atoms with Gasteiger partial charge in [-0.3, -0.25) is 4.79 Å². The predicted molar refractivity (Wildman–Crippen MR) is 78.5 cm³/mol. The molecule has 0 saturated heterocycles. The van der Waals surface area contributed by atoms with E-state index in [-0.39, 0.29) is 17.5 Å². The minimum absolute atomic E-state index is 0.103. The third kappa shape index (κ3) is 3.63. The summed E-state index contributed by atoms with van der Waals surface area (Å²) in [5, 5.41) is 2.93. The molecule has 1 aromatic carbocycles. The first kappa shape index (κ1) is 16.9. The van der Waals surface area contributed by atoms with Gasteiger partial charge in [-0.1, -0.05) is 19.8 Å². The molecule has 1 aliphatic rings. The first-order chi connectivity index (χ1) is 10.3. The molecular weight excluding hydrogens is 312 g/mol. The Morgan fingerprint density at radius 2 is 1.77 bits per heavy atom. The molecule has 1 N–H and O–H groups in total. The minimum atomic E-state index is -4.62. The number of nitrogens with one attached hydrogen (secondary N) is 1. The van der Waals surface area contributed by atoms with Gasteiger partial charge in [0, 0.05) is 11.6 Å². The summed E-state index contributed by atoms with van der Waals surface area (Å²) in [6.45, 7) is 2.09. The van der Waals surface area contributed by atoms with Crippen molar-refractivity contribution in [1.82, 2.24) is 5.32 Å². The van der Waals surface area contributed by atoms with E-state index >= 15 is 0 Å². The highest BCUT2D eigenvalue weighted by molar-refractivity contribution is 7.91. The lowest BCUT2D eigenvalue weighted by molar-refractivity contribution is 0.0910. The van der Waals surface area contributed by atoms with Gasteiger partial charge in [0.2, 0.25) is 9.84 Å². The Balaban J connectivity index is 2.08. The van der Waals surface area contributed by atoms with Crippen LogP contribution in [-0.4, -0.2) is 26.1 Å². The lowest BCUT2D eigenvalue weighted by atomic mass is 9.86. The molecule has 4 nitrogen and oxygen atoms in total. The highest BCUT2D eigenvalue weighted by Crippen LogP contribution is 2.24. The van der Waals surface area contributed by atoms with Gasteiger partial charge in [-0.15, -0.1) is 0 Å². The second-order valence-electron chi connectivity index (χ2n) is 5.67. The molecule has 1 aromatic rings. The highest BCUT2D eigenvalue weighted by Gasteiger charge is 2.27. The number of alkyl halides is 2. The maximum Gasteiger partial charge on any atom is 0.341 e. The van der Waals surface area contributed by atoms with Crippen molar-refractivity contribution in [1.29, 1.82) is 0 Å². The fourth-order valence-corrected chi connectivity index (χ4v) is 3.40. The van der Waals surface area contributed by atoms with Crippen molar-refractivity contribution in [2.45, 2.75) is 49.3 Å². The molecule has 7 heteroatoms. The molecule has 1 saturated carbocycles. The van der Waals surface area contributed by atoms with Gasteiger partial charge in [-0.2, -0.15) is 8.78 Å². The predicted octanol–water partition coefficient (Wildman–Crippen LogP) is 2.99. The Bertz CT molecular complexity index is 629. The molecular formula is C15H19F2NO3S. The molecule has 22 heavy (non-hydrogen) atoms. The smallest absolute Gasteiger partial charge is 0.341 e. The Labute approximate surface area is 128 Å². The summed E-state index contributed by atoms with van der Waals surface area (Å²) in [6.07, 6.45) is 4.22. The summed E-state index contributed by atoms with van der Waals surface area (Å²) < 4.78 is 47.5. The van der Waals surface area contributed by atoms with Crippen LogP contribution in [0.1, 0.15) is 43.0 Å². The largest absolute Gasteiger partial charge is 0.349 e. The Hall–Kier alpha value is -1.50. The van der Waals surface area contributed by atoms with Crippen LogP contribution in [0.5, 0.6) is 0 Å². The Kier molecular flexibility index (Phi) is 5.16. The van der Waals surface area contributed by atoms with E-state index in [0.717, 1.165) is 37.8 Å². The highest BCUT2D eigenvalue weighted by atomic mass is 32.2. The molecule has 0 spiro atoms. The first-order valence-corrected chi connectivity index (χ1v) is 8.80. The second kappa shape index (κ2) is 6.73. The summed E-state index contributed by atoms with van der Waals surface area (Å²) in [7, 11) is -4.62. The van der Waals surface area contributed by atoms with Crippen LogP contribution in [0.3, 0.4) is 0 Å². The van der Waals surface area contributed by atoms with Crippen molar-refractivity contribution in [3.05, 3.63) is 29.8 Å². The van der Waals surface area contributed by atoms with Crippen LogP contribution in [0.25, 0.3) is 0 Å². The summed E-state index contributed by atoms with van der Waals surface area (Å²) in [5.41, 5.74) is 0.269. The van der Waals surface area contributed by atoms with Gasteiger partial charge < -0.3 is 5.32 Å². The van der Waals surface area contributed by atoms with Gasteiger partial charge in [0.25, 0.3) is 5.91 Å². The van der Waals surface area contributed by atoms with Crippen molar-refractivity contribution in [2.75, 3.05) is 0 Å².